The van der Waals surface area contributed by atoms with E-state index in [2.05, 4.69) is 99.5 Å². The molecule has 0 radical (unpaired) electrons. The zero-order chi connectivity index (χ0) is 35.1. The molecule has 0 fully saturated rings. The van der Waals surface area contributed by atoms with Crippen LogP contribution in [0.25, 0.3) is 29.9 Å². The SMILES string of the molecule is CC.CC.CCCCC(CC)COC1=CCCC(c2ccc(-c3sc(-c4ccc(-c5ccc(N(C)CCC)cc5)s4)c(N)c3N)s2)C=C1. The number of ether oxygens (including phenoxy) is 1. The van der Waals surface area contributed by atoms with Crippen LogP contribution in [0.3, 0.4) is 0 Å². The van der Waals surface area contributed by atoms with Crippen molar-refractivity contribution in [3.05, 3.63) is 77.4 Å². The minimum atomic E-state index is 0.374. The van der Waals surface area contributed by atoms with E-state index in [9.17, 15) is 0 Å². The molecule has 3 heterocycles. The maximum Gasteiger partial charge on any atom is 0.115 e. The number of hydrogen-bond acceptors (Lipinski definition) is 7. The molecule has 262 valence electrons. The van der Waals surface area contributed by atoms with Gasteiger partial charge in [-0.25, -0.2) is 0 Å². The molecule has 2 unspecified atom stereocenters. The standard InChI is InChI=1S/C37H47N3OS3.2C2H6/c1-5-8-10-25(7-3)24-41-29-12-9-11-26(15-18-29)30-19-21-32(42-30)36-34(38)35(39)37(44-36)33-22-20-31(43-33)27-13-16-28(17-14-27)40(4)23-6-2;2*1-2/h12-22,25-26H,5-11,23-24,38-39H2,1-4H3;2*1-2H3. The van der Waals surface area contributed by atoms with Crippen LogP contribution in [0.1, 0.15) is 104 Å². The summed E-state index contributed by atoms with van der Waals surface area (Å²) in [6, 6.07) is 17.7. The zero-order valence-corrected chi connectivity index (χ0v) is 33.1. The first-order valence-corrected chi connectivity index (χ1v) is 20.6. The minimum Gasteiger partial charge on any atom is -0.494 e. The number of rotatable bonds is 14. The van der Waals surface area contributed by atoms with Gasteiger partial charge >= 0.3 is 0 Å². The van der Waals surface area contributed by atoms with Crippen LogP contribution >= 0.6 is 34.0 Å². The van der Waals surface area contributed by atoms with E-state index in [1.54, 1.807) is 22.7 Å². The first-order chi connectivity index (χ1) is 23.4. The Kier molecular flexibility index (Phi) is 16.8. The summed E-state index contributed by atoms with van der Waals surface area (Å²) < 4.78 is 6.25. The fourth-order valence-electron chi connectivity index (χ4n) is 5.69. The Morgan fingerprint density at radius 2 is 1.46 bits per heavy atom. The first-order valence-electron chi connectivity index (χ1n) is 18.1. The number of thiophene rings is 3. The van der Waals surface area contributed by atoms with Gasteiger partial charge < -0.3 is 21.1 Å². The molecule has 48 heavy (non-hydrogen) atoms. The molecule has 4 nitrogen and oxygen atoms in total. The van der Waals surface area contributed by atoms with Gasteiger partial charge in [0.05, 0.1) is 27.7 Å². The predicted molar refractivity (Wildman–Crippen MR) is 220 cm³/mol. The van der Waals surface area contributed by atoms with Crippen molar-refractivity contribution in [2.75, 3.05) is 36.6 Å². The van der Waals surface area contributed by atoms with E-state index in [-0.39, 0.29) is 0 Å². The van der Waals surface area contributed by atoms with Crippen molar-refractivity contribution < 1.29 is 4.74 Å². The second-order valence-corrected chi connectivity index (χ2v) is 15.0. The molecule has 1 aliphatic carbocycles. The van der Waals surface area contributed by atoms with E-state index in [1.165, 1.54) is 51.6 Å². The van der Waals surface area contributed by atoms with Crippen LogP contribution in [0.5, 0.6) is 0 Å². The first kappa shape index (κ1) is 39.4. The van der Waals surface area contributed by atoms with Gasteiger partial charge in [0.2, 0.25) is 0 Å². The van der Waals surface area contributed by atoms with Gasteiger partial charge in [-0.05, 0) is 85.7 Å². The van der Waals surface area contributed by atoms with Crippen LogP contribution in [0.15, 0.2) is 72.5 Å². The second kappa shape index (κ2) is 20.5. The Bertz CT molecular complexity index is 1560. The third-order valence-corrected chi connectivity index (χ3v) is 12.5. The van der Waals surface area contributed by atoms with Crippen molar-refractivity contribution >= 4 is 51.1 Å². The van der Waals surface area contributed by atoms with Gasteiger partial charge in [0.25, 0.3) is 0 Å². The normalized spacial score (nSPS) is 14.6. The topological polar surface area (TPSA) is 64.5 Å². The van der Waals surface area contributed by atoms with E-state index in [1.807, 2.05) is 39.0 Å². The average molecular weight is 706 g/mol. The van der Waals surface area contributed by atoms with Crippen molar-refractivity contribution in [3.8, 4) is 29.9 Å². The summed E-state index contributed by atoms with van der Waals surface area (Å²) in [7, 11) is 2.15. The lowest BCUT2D eigenvalue weighted by Crippen LogP contribution is -2.17. The monoisotopic (exact) mass is 705 g/mol. The molecule has 3 aromatic heterocycles. The molecule has 1 aliphatic rings. The lowest BCUT2D eigenvalue weighted by molar-refractivity contribution is 0.164. The average Bonchev–Trinajstić information content (AvgIpc) is 3.83. The summed E-state index contributed by atoms with van der Waals surface area (Å²) in [5, 5.41) is 0. The van der Waals surface area contributed by atoms with E-state index in [4.69, 9.17) is 16.2 Å². The molecular formula is C41H59N3OS3. The fraction of sp³-hybridized carbons (Fsp3) is 0.463. The van der Waals surface area contributed by atoms with Gasteiger partial charge in [-0.15, -0.1) is 34.0 Å². The molecule has 4 aromatic rings. The minimum absolute atomic E-state index is 0.374. The zero-order valence-electron chi connectivity index (χ0n) is 30.6. The number of benzene rings is 1. The van der Waals surface area contributed by atoms with Gasteiger partial charge in [-0.3, -0.25) is 0 Å². The molecule has 2 atom stereocenters. The molecule has 0 bridgehead atoms. The molecule has 4 N–H and O–H groups in total. The third-order valence-electron chi connectivity index (χ3n) is 8.53. The van der Waals surface area contributed by atoms with Crippen LogP contribution in [0.2, 0.25) is 0 Å². The summed E-state index contributed by atoms with van der Waals surface area (Å²) in [5.41, 5.74) is 17.1. The summed E-state index contributed by atoms with van der Waals surface area (Å²) in [6.07, 6.45) is 15.0. The van der Waals surface area contributed by atoms with Crippen LogP contribution < -0.4 is 16.4 Å². The predicted octanol–water partition coefficient (Wildman–Crippen LogP) is 13.5. The molecule has 7 heteroatoms. The van der Waals surface area contributed by atoms with Crippen molar-refractivity contribution in [1.82, 2.24) is 0 Å². The maximum absolute atomic E-state index is 6.64. The van der Waals surface area contributed by atoms with Gasteiger partial charge in [-0.1, -0.05) is 85.9 Å². The molecule has 0 spiro atoms. The van der Waals surface area contributed by atoms with E-state index in [0.29, 0.717) is 23.2 Å². The van der Waals surface area contributed by atoms with E-state index in [0.717, 1.165) is 52.8 Å². The lowest BCUT2D eigenvalue weighted by Gasteiger charge is -2.18. The third kappa shape index (κ3) is 10.3. The highest BCUT2D eigenvalue weighted by Crippen LogP contribution is 2.50. The van der Waals surface area contributed by atoms with Gasteiger partial charge in [0.1, 0.15) is 5.76 Å². The highest BCUT2D eigenvalue weighted by molar-refractivity contribution is 7.28. The number of allylic oxidation sites excluding steroid dienone is 3. The van der Waals surface area contributed by atoms with Crippen LogP contribution in [-0.2, 0) is 4.74 Å². The maximum atomic E-state index is 6.64. The smallest absolute Gasteiger partial charge is 0.115 e. The Hall–Kier alpha value is -3.00. The molecule has 0 amide bonds. The van der Waals surface area contributed by atoms with E-state index < -0.39 is 0 Å². The lowest BCUT2D eigenvalue weighted by atomic mass is 10.0. The Balaban J connectivity index is 0.00000151. The number of hydrogen-bond donors (Lipinski definition) is 2. The number of nitrogen functional groups attached to an aromatic ring is 2. The largest absolute Gasteiger partial charge is 0.494 e. The summed E-state index contributed by atoms with van der Waals surface area (Å²) >= 11 is 5.32. The van der Waals surface area contributed by atoms with Gasteiger partial charge in [0, 0.05) is 44.7 Å². The van der Waals surface area contributed by atoms with Crippen molar-refractivity contribution in [2.45, 2.75) is 99.3 Å². The van der Waals surface area contributed by atoms with Crippen LogP contribution in [0, 0.1) is 5.92 Å². The summed E-state index contributed by atoms with van der Waals surface area (Å²) in [6.45, 7) is 16.6. The second-order valence-electron chi connectivity index (χ2n) is 11.8. The van der Waals surface area contributed by atoms with E-state index >= 15 is 0 Å². The molecule has 0 saturated heterocycles. The quantitative estimate of drug-likeness (QED) is 0.137. The van der Waals surface area contributed by atoms with Gasteiger partial charge in [-0.2, -0.15) is 0 Å². The van der Waals surface area contributed by atoms with Crippen molar-refractivity contribution in [2.24, 2.45) is 5.92 Å². The van der Waals surface area contributed by atoms with Crippen LogP contribution in [-0.4, -0.2) is 20.2 Å². The molecule has 5 rings (SSSR count). The fourth-order valence-corrected chi connectivity index (χ4v) is 9.22. The van der Waals surface area contributed by atoms with Crippen LogP contribution in [0.4, 0.5) is 17.1 Å². The summed E-state index contributed by atoms with van der Waals surface area (Å²) in [4.78, 5) is 9.38. The highest BCUT2D eigenvalue weighted by atomic mass is 32.1. The molecule has 0 saturated carbocycles. The number of anilines is 3. The number of unbranched alkanes of at least 4 members (excludes halogenated alkanes) is 1. The summed E-state index contributed by atoms with van der Waals surface area (Å²) in [5.74, 6) is 2.04. The van der Waals surface area contributed by atoms with Gasteiger partial charge in [0.15, 0.2) is 0 Å². The van der Waals surface area contributed by atoms with Crippen molar-refractivity contribution in [3.63, 3.8) is 0 Å². The molecule has 0 aliphatic heterocycles. The Labute approximate surface area is 303 Å². The number of nitrogens with zero attached hydrogens (tertiary/aromatic N) is 1. The molecular weight excluding hydrogens is 647 g/mol. The molecule has 1 aromatic carbocycles. The Morgan fingerprint density at radius 3 is 2.10 bits per heavy atom. The highest BCUT2D eigenvalue weighted by Gasteiger charge is 2.21. The number of nitrogens with two attached hydrogens (primary N) is 2. The van der Waals surface area contributed by atoms with Crippen molar-refractivity contribution in [1.29, 1.82) is 0 Å². The Morgan fingerprint density at radius 1 is 0.812 bits per heavy atom.